The van der Waals surface area contributed by atoms with E-state index in [9.17, 15) is 4.79 Å². The molecule has 0 saturated carbocycles. The third-order valence-corrected chi connectivity index (χ3v) is 9.28. The molecule has 196 valence electrons. The highest BCUT2D eigenvalue weighted by molar-refractivity contribution is 14.1. The number of amides is 1. The summed E-state index contributed by atoms with van der Waals surface area (Å²) in [5.41, 5.74) is 0.797. The van der Waals surface area contributed by atoms with Crippen molar-refractivity contribution in [2.45, 2.75) is 85.2 Å². The van der Waals surface area contributed by atoms with Crippen LogP contribution in [-0.4, -0.2) is 47.3 Å². The second kappa shape index (κ2) is 12.6. The van der Waals surface area contributed by atoms with Gasteiger partial charge in [0.2, 0.25) is 0 Å². The third kappa shape index (κ3) is 7.80. The van der Waals surface area contributed by atoms with Gasteiger partial charge in [-0.3, -0.25) is 4.57 Å². The number of imidazole rings is 1. The van der Waals surface area contributed by atoms with Crippen LogP contribution in [0.25, 0.3) is 0 Å². The third-order valence-electron chi connectivity index (χ3n) is 5.44. The van der Waals surface area contributed by atoms with Gasteiger partial charge in [0.15, 0.2) is 17.7 Å². The quantitative estimate of drug-likeness (QED) is 0.113. The fraction of sp³-hybridized carbons (Fsp3) is 0.583. The smallest absolute Gasteiger partial charge is 0.411 e. The number of carbonyl (C=O) groups is 1. The summed E-state index contributed by atoms with van der Waals surface area (Å²) >= 11 is 14.3. The number of halogens is 4. The van der Waals surface area contributed by atoms with E-state index in [1.54, 1.807) is 4.90 Å². The Morgan fingerprint density at radius 3 is 2.34 bits per heavy atom. The van der Waals surface area contributed by atoms with Crippen molar-refractivity contribution < 1.29 is 18.7 Å². The first-order valence-corrected chi connectivity index (χ1v) is 17.1. The van der Waals surface area contributed by atoms with E-state index in [1.165, 1.54) is 12.1 Å². The lowest BCUT2D eigenvalue weighted by atomic mass is 10.1. The molecule has 35 heavy (non-hydrogen) atoms. The molecule has 1 aromatic heterocycles. The van der Waals surface area contributed by atoms with Crippen LogP contribution in [0.3, 0.4) is 0 Å². The highest BCUT2D eigenvalue weighted by Crippen LogP contribution is 2.36. The van der Waals surface area contributed by atoms with Crippen LogP contribution in [0.2, 0.25) is 35.7 Å². The predicted molar refractivity (Wildman–Crippen MR) is 151 cm³/mol. The van der Waals surface area contributed by atoms with Gasteiger partial charge in [-0.2, -0.15) is 0 Å². The van der Waals surface area contributed by atoms with Crippen molar-refractivity contribution in [3.8, 4) is 0 Å². The van der Waals surface area contributed by atoms with Crippen molar-refractivity contribution in [1.82, 2.24) is 14.5 Å². The van der Waals surface area contributed by atoms with Gasteiger partial charge in [0.1, 0.15) is 10.4 Å². The van der Waals surface area contributed by atoms with Crippen LogP contribution in [0.1, 0.15) is 50.9 Å². The van der Waals surface area contributed by atoms with Crippen LogP contribution in [0.15, 0.2) is 12.1 Å². The Bertz CT molecular complexity index is 1040. The summed E-state index contributed by atoms with van der Waals surface area (Å²) in [6.45, 7) is 17.1. The topological polar surface area (TPSA) is 56.6 Å². The molecule has 1 heterocycles. The number of hydrogen-bond donors (Lipinski definition) is 0. The molecule has 0 fully saturated rings. The molecule has 0 aliphatic heterocycles. The van der Waals surface area contributed by atoms with Gasteiger partial charge < -0.3 is 14.4 Å². The molecule has 2 rings (SSSR count). The first-order chi connectivity index (χ1) is 16.2. The number of aryl methyl sites for hydroxylation is 1. The van der Waals surface area contributed by atoms with Crippen molar-refractivity contribution in [2.75, 3.05) is 6.61 Å². The average molecular weight is 658 g/mol. The van der Waals surface area contributed by atoms with E-state index in [4.69, 9.17) is 32.7 Å². The lowest BCUT2D eigenvalue weighted by Crippen LogP contribution is -2.43. The van der Waals surface area contributed by atoms with E-state index in [0.717, 1.165) is 15.4 Å². The van der Waals surface area contributed by atoms with Crippen LogP contribution in [0.5, 0.6) is 0 Å². The molecule has 0 saturated heterocycles. The number of benzene rings is 1. The van der Waals surface area contributed by atoms with E-state index in [1.807, 2.05) is 39.2 Å². The Hall–Kier alpha value is -0.883. The molecule has 0 aliphatic rings. The number of nitrogens with zero attached hydrogens (tertiary/aromatic N) is 3. The Morgan fingerprint density at radius 2 is 1.80 bits per heavy atom. The van der Waals surface area contributed by atoms with E-state index in [2.05, 4.69) is 47.2 Å². The van der Waals surface area contributed by atoms with Gasteiger partial charge >= 0.3 is 6.09 Å². The molecule has 1 unspecified atom stereocenters. The second-order valence-electron chi connectivity index (χ2n) is 10.2. The summed E-state index contributed by atoms with van der Waals surface area (Å²) in [5.74, 6) is -0.391. The molecule has 2 aromatic rings. The van der Waals surface area contributed by atoms with Gasteiger partial charge in [-0.05, 0) is 69.3 Å². The van der Waals surface area contributed by atoms with Crippen LogP contribution >= 0.6 is 45.8 Å². The molecule has 11 heteroatoms. The molecule has 1 aromatic carbocycles. The minimum Gasteiger partial charge on any atom is -0.433 e. The normalized spacial score (nSPS) is 13.0. The molecule has 1 amide bonds. The maximum atomic E-state index is 15.4. The molecule has 0 bridgehead atoms. The van der Waals surface area contributed by atoms with E-state index in [-0.39, 0.29) is 34.4 Å². The number of aromatic nitrogens is 2. The standard InChI is InChI=1S/C24H35Cl2FIN3O3Si/c1-14(2)31(15(3)4)24(32)34-21(17-9-10-18(25)19(26)20(17)27)23-29-16(5)22(28)30(23)13-33-11-12-35(6,7)8/h9-10,14-15,21H,11-13H2,1-8H3. The van der Waals surface area contributed by atoms with Gasteiger partial charge in [-0.15, -0.1) is 0 Å². The second-order valence-corrected chi connectivity index (χ2v) is 17.7. The SMILES string of the molecule is Cc1nc(C(OC(=O)N(C(C)C)C(C)C)c2ccc(Cl)c(Cl)c2F)n(COCC[Si](C)(C)C)c1I. The summed E-state index contributed by atoms with van der Waals surface area (Å²) in [7, 11) is -1.27. The number of rotatable bonds is 10. The van der Waals surface area contributed by atoms with Crippen molar-refractivity contribution in [2.24, 2.45) is 0 Å². The van der Waals surface area contributed by atoms with Gasteiger partial charge in [0.25, 0.3) is 0 Å². The zero-order valence-electron chi connectivity index (χ0n) is 21.6. The minimum atomic E-state index is -1.27. The number of hydrogen-bond acceptors (Lipinski definition) is 4. The summed E-state index contributed by atoms with van der Waals surface area (Å²) in [4.78, 5) is 19.5. The van der Waals surface area contributed by atoms with Crippen molar-refractivity contribution in [3.63, 3.8) is 0 Å². The first-order valence-electron chi connectivity index (χ1n) is 11.6. The Labute approximate surface area is 232 Å². The number of carbonyl (C=O) groups excluding carboxylic acids is 1. The molecular formula is C24H35Cl2FIN3O3Si. The Morgan fingerprint density at radius 1 is 1.20 bits per heavy atom. The van der Waals surface area contributed by atoms with Crippen molar-refractivity contribution in [3.05, 3.63) is 48.8 Å². The maximum absolute atomic E-state index is 15.4. The molecule has 0 spiro atoms. The van der Waals surface area contributed by atoms with Crippen LogP contribution in [-0.2, 0) is 16.2 Å². The van der Waals surface area contributed by atoms with Gasteiger partial charge in [-0.25, -0.2) is 14.2 Å². The zero-order chi connectivity index (χ0) is 26.7. The summed E-state index contributed by atoms with van der Waals surface area (Å²) in [6.07, 6.45) is -1.73. The monoisotopic (exact) mass is 657 g/mol. The highest BCUT2D eigenvalue weighted by atomic mass is 127. The van der Waals surface area contributed by atoms with Crippen LogP contribution in [0, 0.1) is 16.4 Å². The predicted octanol–water partition coefficient (Wildman–Crippen LogP) is 7.90. The highest BCUT2D eigenvalue weighted by Gasteiger charge is 2.33. The molecule has 0 N–H and O–H groups in total. The maximum Gasteiger partial charge on any atom is 0.411 e. The van der Waals surface area contributed by atoms with Gasteiger partial charge in [0.05, 0.1) is 15.7 Å². The largest absolute Gasteiger partial charge is 0.433 e. The van der Waals surface area contributed by atoms with Crippen LogP contribution in [0.4, 0.5) is 9.18 Å². The van der Waals surface area contributed by atoms with Crippen molar-refractivity contribution in [1.29, 1.82) is 0 Å². The minimum absolute atomic E-state index is 0.0740. The average Bonchev–Trinajstić information content (AvgIpc) is 3.01. The number of ether oxygens (including phenoxy) is 2. The Balaban J connectivity index is 2.54. The van der Waals surface area contributed by atoms with Crippen LogP contribution < -0.4 is 0 Å². The first kappa shape index (κ1) is 30.3. The lowest BCUT2D eigenvalue weighted by Gasteiger charge is -2.32. The Kier molecular flexibility index (Phi) is 10.9. The van der Waals surface area contributed by atoms with Crippen molar-refractivity contribution >= 4 is 60.0 Å². The summed E-state index contributed by atoms with van der Waals surface area (Å²) in [6, 6.07) is 3.73. The van der Waals surface area contributed by atoms with E-state index in [0.29, 0.717) is 12.4 Å². The fourth-order valence-electron chi connectivity index (χ4n) is 3.61. The molecule has 1 atom stereocenters. The molecule has 0 radical (unpaired) electrons. The lowest BCUT2D eigenvalue weighted by molar-refractivity contribution is 0.0444. The molecule has 6 nitrogen and oxygen atoms in total. The van der Waals surface area contributed by atoms with E-state index >= 15 is 4.39 Å². The molecular weight excluding hydrogens is 623 g/mol. The van der Waals surface area contributed by atoms with E-state index < -0.39 is 26.1 Å². The summed E-state index contributed by atoms with van der Waals surface area (Å²) < 4.78 is 29.9. The molecule has 0 aliphatic carbocycles. The summed E-state index contributed by atoms with van der Waals surface area (Å²) in [5, 5.41) is -0.154. The van der Waals surface area contributed by atoms with Gasteiger partial charge in [-0.1, -0.05) is 48.9 Å². The fourth-order valence-corrected chi connectivity index (χ4v) is 5.19. The zero-order valence-corrected chi connectivity index (χ0v) is 26.3. The van der Waals surface area contributed by atoms with Gasteiger partial charge in [0, 0.05) is 32.3 Å².